The number of hydrogen-bond acceptors (Lipinski definition) is 7. The molecule has 182 valence electrons. The van der Waals surface area contributed by atoms with Crippen molar-refractivity contribution < 1.29 is 24.5 Å². The van der Waals surface area contributed by atoms with E-state index in [2.05, 4.69) is 4.98 Å². The lowest BCUT2D eigenvalue weighted by molar-refractivity contribution is -0.154. The Labute approximate surface area is 201 Å². The number of rotatable bonds is 2. The average Bonchev–Trinajstić information content (AvgIpc) is 3.16. The quantitative estimate of drug-likeness (QED) is 0.604. The third-order valence-corrected chi connectivity index (χ3v) is 7.16. The van der Waals surface area contributed by atoms with Gasteiger partial charge in [0.25, 0.3) is 0 Å². The molecule has 1 aliphatic rings. The van der Waals surface area contributed by atoms with Crippen LogP contribution in [0.25, 0.3) is 6.08 Å². The molecule has 2 rings (SSSR count). The summed E-state index contributed by atoms with van der Waals surface area (Å²) in [5.74, 6) is -1.64. The predicted octanol–water partition coefficient (Wildman–Crippen LogP) is 4.65. The fourth-order valence-corrected chi connectivity index (χ4v) is 4.48. The van der Waals surface area contributed by atoms with Crippen LogP contribution in [0.15, 0.2) is 35.3 Å². The molecule has 0 amide bonds. The van der Waals surface area contributed by atoms with Gasteiger partial charge in [0.05, 0.1) is 34.7 Å². The molecule has 6 nitrogen and oxygen atoms in total. The molecular weight excluding hydrogens is 438 g/mol. The minimum Gasteiger partial charge on any atom is -0.457 e. The Morgan fingerprint density at radius 3 is 2.42 bits per heavy atom. The molecule has 0 fully saturated rings. The van der Waals surface area contributed by atoms with Gasteiger partial charge in [-0.05, 0) is 37.8 Å². The second kappa shape index (κ2) is 11.9. The summed E-state index contributed by atoms with van der Waals surface area (Å²) in [4.78, 5) is 30.3. The number of hydrogen-bond donors (Lipinski definition) is 2. The van der Waals surface area contributed by atoms with E-state index in [0.29, 0.717) is 12.8 Å². The van der Waals surface area contributed by atoms with Gasteiger partial charge >= 0.3 is 5.97 Å². The number of esters is 1. The Hall–Kier alpha value is -2.09. The number of aliphatic hydroxyl groups excluding tert-OH is 2. The molecule has 0 saturated carbocycles. The number of aryl methyl sites for hydroxylation is 1. The van der Waals surface area contributed by atoms with Crippen LogP contribution in [-0.4, -0.2) is 45.3 Å². The van der Waals surface area contributed by atoms with Crippen LogP contribution in [0.3, 0.4) is 0 Å². The fourth-order valence-electron chi connectivity index (χ4n) is 3.91. The molecule has 2 heterocycles. The number of allylic oxidation sites excluding steroid dienone is 3. The number of aliphatic hydroxyl groups is 2. The van der Waals surface area contributed by atoms with Crippen molar-refractivity contribution in [3.8, 4) is 0 Å². The van der Waals surface area contributed by atoms with E-state index in [4.69, 9.17) is 4.74 Å². The van der Waals surface area contributed by atoms with Gasteiger partial charge < -0.3 is 14.9 Å². The average molecular weight is 476 g/mol. The van der Waals surface area contributed by atoms with Gasteiger partial charge in [-0.1, -0.05) is 52.0 Å². The number of carbonyl (C=O) groups excluding carboxylic acids is 2. The first kappa shape index (κ1) is 27.2. The van der Waals surface area contributed by atoms with Crippen molar-refractivity contribution >= 4 is 29.2 Å². The molecule has 7 heteroatoms. The third-order valence-electron chi connectivity index (χ3n) is 6.37. The van der Waals surface area contributed by atoms with Crippen LogP contribution in [0.5, 0.6) is 0 Å². The highest BCUT2D eigenvalue weighted by Gasteiger charge is 2.42. The van der Waals surface area contributed by atoms with Gasteiger partial charge in [0, 0.05) is 17.7 Å². The highest BCUT2D eigenvalue weighted by atomic mass is 32.1. The molecule has 0 aromatic carbocycles. The van der Waals surface area contributed by atoms with Gasteiger partial charge in [0.15, 0.2) is 0 Å². The fraction of sp³-hybridized carbons (Fsp3) is 0.577. The largest absolute Gasteiger partial charge is 0.457 e. The Balaban J connectivity index is 2.32. The van der Waals surface area contributed by atoms with E-state index < -0.39 is 35.6 Å². The number of thiazole rings is 1. The van der Waals surface area contributed by atoms with Crippen molar-refractivity contribution in [1.29, 1.82) is 0 Å². The lowest BCUT2D eigenvalue weighted by Crippen LogP contribution is -2.45. The smallest absolute Gasteiger partial charge is 0.309 e. The Morgan fingerprint density at radius 2 is 1.82 bits per heavy atom. The van der Waals surface area contributed by atoms with E-state index in [1.807, 2.05) is 56.5 Å². The Bertz CT molecular complexity index is 914. The molecule has 0 aliphatic carbocycles. The molecule has 0 saturated heterocycles. The van der Waals surface area contributed by atoms with Crippen LogP contribution in [-0.2, 0) is 14.3 Å². The second-order valence-electron chi connectivity index (χ2n) is 9.55. The van der Waals surface area contributed by atoms with Crippen molar-refractivity contribution in [2.24, 2.45) is 17.3 Å². The van der Waals surface area contributed by atoms with Crippen LogP contribution in [0, 0.1) is 24.2 Å². The summed E-state index contributed by atoms with van der Waals surface area (Å²) in [5, 5.41) is 24.3. The summed E-state index contributed by atoms with van der Waals surface area (Å²) in [7, 11) is 0. The normalized spacial score (nSPS) is 30.3. The number of carbonyl (C=O) groups is 2. The van der Waals surface area contributed by atoms with Crippen molar-refractivity contribution in [3.63, 3.8) is 0 Å². The minimum absolute atomic E-state index is 0.126. The molecule has 1 aromatic heterocycles. The van der Waals surface area contributed by atoms with Gasteiger partial charge in [0.2, 0.25) is 0 Å². The molecule has 1 aliphatic heterocycles. The number of cyclic esters (lactones) is 1. The number of ether oxygens (including phenoxy) is 1. The summed E-state index contributed by atoms with van der Waals surface area (Å²) < 4.78 is 5.73. The lowest BCUT2D eigenvalue weighted by Gasteiger charge is -2.34. The number of Topliss-reactive ketones (excluding diaryl/α,β-unsaturated/α-hetero) is 1. The molecule has 1 aromatic rings. The van der Waals surface area contributed by atoms with Crippen LogP contribution in [0.1, 0.15) is 64.6 Å². The van der Waals surface area contributed by atoms with E-state index in [9.17, 15) is 19.8 Å². The van der Waals surface area contributed by atoms with E-state index in [-0.39, 0.29) is 18.1 Å². The van der Waals surface area contributed by atoms with E-state index in [1.165, 1.54) is 0 Å². The zero-order chi connectivity index (χ0) is 24.8. The first-order valence-corrected chi connectivity index (χ1v) is 12.3. The lowest BCUT2D eigenvalue weighted by atomic mass is 9.73. The number of ketones is 1. The van der Waals surface area contributed by atoms with Crippen molar-refractivity contribution in [2.75, 3.05) is 0 Å². The summed E-state index contributed by atoms with van der Waals surface area (Å²) >= 11 is 1.55. The van der Waals surface area contributed by atoms with Crippen LogP contribution < -0.4 is 0 Å². The topological polar surface area (TPSA) is 96.7 Å². The van der Waals surface area contributed by atoms with E-state index in [0.717, 1.165) is 16.3 Å². The molecule has 33 heavy (non-hydrogen) atoms. The molecule has 2 N–H and O–H groups in total. The van der Waals surface area contributed by atoms with Gasteiger partial charge in [0.1, 0.15) is 11.9 Å². The maximum Gasteiger partial charge on any atom is 0.309 e. The maximum atomic E-state index is 13.1. The molecule has 0 bridgehead atoms. The van der Waals surface area contributed by atoms with Crippen LogP contribution in [0.4, 0.5) is 0 Å². The SMILES string of the molecule is CC(=Cc1csc(C)n1)C1CC=CC=CCC(C)C(O)C(C)C(=O)C(C)(C)C(O)CC(=O)O1. The number of aromatic nitrogens is 1. The summed E-state index contributed by atoms with van der Waals surface area (Å²) in [6.07, 6.45) is 7.77. The van der Waals surface area contributed by atoms with Gasteiger partial charge in [-0.25, -0.2) is 4.98 Å². The van der Waals surface area contributed by atoms with Gasteiger partial charge in [-0.3, -0.25) is 9.59 Å². The first-order chi connectivity index (χ1) is 15.4. The summed E-state index contributed by atoms with van der Waals surface area (Å²) in [6, 6.07) is 0. The Kier molecular flexibility index (Phi) is 9.76. The first-order valence-electron chi connectivity index (χ1n) is 11.4. The molecule has 0 radical (unpaired) electrons. The van der Waals surface area contributed by atoms with Gasteiger partial charge in [-0.2, -0.15) is 0 Å². The molecule has 0 spiro atoms. The zero-order valence-electron chi connectivity index (χ0n) is 20.4. The second-order valence-corrected chi connectivity index (χ2v) is 10.6. The van der Waals surface area contributed by atoms with E-state index in [1.54, 1.807) is 32.1 Å². The summed E-state index contributed by atoms with van der Waals surface area (Å²) in [5.41, 5.74) is 0.457. The zero-order valence-corrected chi connectivity index (χ0v) is 21.3. The standard InChI is InChI=1S/C26H37NO5S/c1-16-11-9-7-8-10-12-21(17(2)13-20-15-33-19(4)27-20)32-23(29)14-22(28)26(5,6)25(31)18(3)24(16)30/h7-10,13,15-16,18,21-22,24,28,30H,11-12,14H2,1-6H3. The van der Waals surface area contributed by atoms with Crippen LogP contribution >= 0.6 is 11.3 Å². The Morgan fingerprint density at radius 1 is 1.18 bits per heavy atom. The predicted molar refractivity (Wildman–Crippen MR) is 132 cm³/mol. The van der Waals surface area contributed by atoms with E-state index >= 15 is 0 Å². The molecule has 5 unspecified atom stereocenters. The van der Waals surface area contributed by atoms with Gasteiger partial charge in [-0.15, -0.1) is 11.3 Å². The maximum absolute atomic E-state index is 13.1. The highest BCUT2D eigenvalue weighted by Crippen LogP contribution is 2.32. The monoisotopic (exact) mass is 475 g/mol. The van der Waals surface area contributed by atoms with Crippen molar-refractivity contribution in [3.05, 3.63) is 46.0 Å². The molecule has 5 atom stereocenters. The minimum atomic E-state index is -1.23. The highest BCUT2D eigenvalue weighted by molar-refractivity contribution is 7.09. The number of nitrogens with zero attached hydrogens (tertiary/aromatic N) is 1. The third kappa shape index (κ3) is 7.45. The molecular formula is C26H37NO5S. The van der Waals surface area contributed by atoms with Crippen LogP contribution in [0.2, 0.25) is 0 Å². The summed E-state index contributed by atoms with van der Waals surface area (Å²) in [6.45, 7) is 10.6. The van der Waals surface area contributed by atoms with Crippen molar-refractivity contribution in [2.45, 2.75) is 79.1 Å². The van der Waals surface area contributed by atoms with Crippen molar-refractivity contribution in [1.82, 2.24) is 4.98 Å².